The lowest BCUT2D eigenvalue weighted by Crippen LogP contribution is -1.89. The van der Waals surface area contributed by atoms with Crippen molar-refractivity contribution in [2.24, 2.45) is 5.92 Å². The molecule has 0 aromatic carbocycles. The van der Waals surface area contributed by atoms with Crippen molar-refractivity contribution in [2.75, 3.05) is 0 Å². The van der Waals surface area contributed by atoms with Gasteiger partial charge in [0, 0.05) is 12.6 Å². The molecule has 0 aliphatic heterocycles. The molecule has 0 amide bonds. The largest absolute Gasteiger partial charge is 0.248 e. The first-order valence-electron chi connectivity index (χ1n) is 5.35. The Balaban J connectivity index is 1.87. The highest BCUT2D eigenvalue weighted by Crippen LogP contribution is 2.26. The quantitative estimate of drug-likeness (QED) is 0.613. The molecule has 0 N–H and O–H groups in total. The molecule has 0 saturated heterocycles. The summed E-state index contributed by atoms with van der Waals surface area (Å²) < 4.78 is 0. The molecule has 0 radical (unpaired) electrons. The fourth-order valence-electron chi connectivity index (χ4n) is 1.94. The average Bonchev–Trinajstić information content (AvgIpc) is 2.72. The van der Waals surface area contributed by atoms with Gasteiger partial charge in [-0.2, -0.15) is 0 Å². The molecule has 1 nitrogen and oxygen atoms in total. The third kappa shape index (κ3) is 2.60. The van der Waals surface area contributed by atoms with E-state index in [2.05, 4.69) is 16.8 Å². The molecule has 1 aliphatic carbocycles. The average molecular weight is 185 g/mol. The summed E-state index contributed by atoms with van der Waals surface area (Å²) in [4.78, 5) is 4.17. The first kappa shape index (κ1) is 9.27. The van der Waals surface area contributed by atoms with Crippen molar-refractivity contribution in [1.82, 2.24) is 4.98 Å². The minimum Gasteiger partial charge on any atom is -0.248 e. The Kier molecular flexibility index (Phi) is 3.19. The Morgan fingerprint density at radius 3 is 2.86 bits per heavy atom. The van der Waals surface area contributed by atoms with Crippen LogP contribution in [-0.4, -0.2) is 4.98 Å². The van der Waals surface area contributed by atoms with Gasteiger partial charge >= 0.3 is 0 Å². The lowest BCUT2D eigenvalue weighted by molar-refractivity contribution is 0.566. The zero-order valence-corrected chi connectivity index (χ0v) is 8.37. The highest BCUT2D eigenvalue weighted by Gasteiger charge is 2.12. The van der Waals surface area contributed by atoms with Gasteiger partial charge in [-0.3, -0.25) is 0 Å². The molecule has 1 aromatic rings. The Hall–Kier alpha value is -1.29. The SMILES string of the molecule is C(#Cc1ccccn1)CC1CCCC1. The molecule has 2 rings (SSSR count). The first-order chi connectivity index (χ1) is 6.95. The molecule has 0 bridgehead atoms. The van der Waals surface area contributed by atoms with Crippen molar-refractivity contribution in [2.45, 2.75) is 32.1 Å². The predicted molar refractivity (Wildman–Crippen MR) is 57.7 cm³/mol. The normalized spacial score (nSPS) is 16.3. The van der Waals surface area contributed by atoms with Crippen LogP contribution in [0.5, 0.6) is 0 Å². The van der Waals surface area contributed by atoms with Crippen molar-refractivity contribution in [3.05, 3.63) is 30.1 Å². The monoisotopic (exact) mass is 185 g/mol. The number of hydrogen-bond donors (Lipinski definition) is 0. The van der Waals surface area contributed by atoms with Gasteiger partial charge in [-0.05, 0) is 36.8 Å². The van der Waals surface area contributed by atoms with Gasteiger partial charge in [-0.15, -0.1) is 0 Å². The first-order valence-corrected chi connectivity index (χ1v) is 5.35. The van der Waals surface area contributed by atoms with Crippen molar-refractivity contribution in [1.29, 1.82) is 0 Å². The second-order valence-corrected chi connectivity index (χ2v) is 3.87. The van der Waals surface area contributed by atoms with Crippen molar-refractivity contribution in [3.8, 4) is 11.8 Å². The Bertz CT molecular complexity index is 325. The number of nitrogens with zero attached hydrogens (tertiary/aromatic N) is 1. The minimum absolute atomic E-state index is 0.853. The molecule has 72 valence electrons. The van der Waals surface area contributed by atoms with Gasteiger partial charge in [0.1, 0.15) is 5.69 Å². The molecule has 1 fully saturated rings. The molecule has 1 heterocycles. The van der Waals surface area contributed by atoms with Crippen LogP contribution in [0.4, 0.5) is 0 Å². The summed E-state index contributed by atoms with van der Waals surface area (Å²) in [5.74, 6) is 7.19. The van der Waals surface area contributed by atoms with Gasteiger partial charge in [-0.1, -0.05) is 24.8 Å². The maximum absolute atomic E-state index is 4.17. The fraction of sp³-hybridized carbons (Fsp3) is 0.462. The molecular weight excluding hydrogens is 170 g/mol. The maximum atomic E-state index is 4.17. The zero-order valence-electron chi connectivity index (χ0n) is 8.37. The Labute approximate surface area is 85.6 Å². The van der Waals surface area contributed by atoms with Crippen LogP contribution in [-0.2, 0) is 0 Å². The van der Waals surface area contributed by atoms with Crippen LogP contribution in [0.25, 0.3) is 0 Å². The van der Waals surface area contributed by atoms with E-state index in [-0.39, 0.29) is 0 Å². The van der Waals surface area contributed by atoms with Crippen LogP contribution >= 0.6 is 0 Å². The second-order valence-electron chi connectivity index (χ2n) is 3.87. The van der Waals surface area contributed by atoms with E-state index in [1.807, 2.05) is 18.2 Å². The summed E-state index contributed by atoms with van der Waals surface area (Å²) in [7, 11) is 0. The summed E-state index contributed by atoms with van der Waals surface area (Å²) in [6, 6.07) is 5.86. The molecule has 1 heteroatoms. The summed E-state index contributed by atoms with van der Waals surface area (Å²) in [6.45, 7) is 0. The van der Waals surface area contributed by atoms with Crippen molar-refractivity contribution < 1.29 is 0 Å². The summed E-state index contributed by atoms with van der Waals surface area (Å²) in [6.07, 6.45) is 8.38. The van der Waals surface area contributed by atoms with Gasteiger partial charge in [0.05, 0.1) is 0 Å². The highest BCUT2D eigenvalue weighted by molar-refractivity contribution is 5.26. The number of hydrogen-bond acceptors (Lipinski definition) is 1. The van der Waals surface area contributed by atoms with E-state index in [1.54, 1.807) is 6.20 Å². The minimum atomic E-state index is 0.853. The third-order valence-corrected chi connectivity index (χ3v) is 2.75. The Morgan fingerprint density at radius 1 is 1.29 bits per heavy atom. The van der Waals surface area contributed by atoms with Gasteiger partial charge in [0.15, 0.2) is 0 Å². The lowest BCUT2D eigenvalue weighted by atomic mass is 10.1. The van der Waals surface area contributed by atoms with Crippen molar-refractivity contribution >= 4 is 0 Å². The van der Waals surface area contributed by atoms with E-state index in [9.17, 15) is 0 Å². The van der Waals surface area contributed by atoms with Gasteiger partial charge in [0.2, 0.25) is 0 Å². The van der Waals surface area contributed by atoms with E-state index >= 15 is 0 Å². The smallest absolute Gasteiger partial charge is 0.113 e. The molecule has 1 aliphatic rings. The highest BCUT2D eigenvalue weighted by atomic mass is 14.6. The topological polar surface area (TPSA) is 12.9 Å². The lowest BCUT2D eigenvalue weighted by Gasteiger charge is -2.00. The Morgan fingerprint density at radius 2 is 2.14 bits per heavy atom. The summed E-state index contributed by atoms with van der Waals surface area (Å²) in [5.41, 5.74) is 0.894. The van der Waals surface area contributed by atoms with Crippen LogP contribution < -0.4 is 0 Å². The second kappa shape index (κ2) is 4.81. The fourth-order valence-corrected chi connectivity index (χ4v) is 1.94. The summed E-state index contributed by atoms with van der Waals surface area (Å²) in [5, 5.41) is 0. The molecule has 1 aromatic heterocycles. The number of rotatable bonds is 1. The summed E-state index contributed by atoms with van der Waals surface area (Å²) >= 11 is 0. The molecular formula is C13H15N. The van der Waals surface area contributed by atoms with Gasteiger partial charge in [-0.25, -0.2) is 4.98 Å². The van der Waals surface area contributed by atoms with E-state index in [1.165, 1.54) is 25.7 Å². The van der Waals surface area contributed by atoms with Crippen LogP contribution in [0.3, 0.4) is 0 Å². The number of pyridine rings is 1. The zero-order chi connectivity index (χ0) is 9.64. The van der Waals surface area contributed by atoms with Crippen LogP contribution in [0.15, 0.2) is 24.4 Å². The van der Waals surface area contributed by atoms with Crippen LogP contribution in [0.2, 0.25) is 0 Å². The van der Waals surface area contributed by atoms with E-state index in [4.69, 9.17) is 0 Å². The van der Waals surface area contributed by atoms with Gasteiger partial charge in [0.25, 0.3) is 0 Å². The predicted octanol–water partition coefficient (Wildman–Crippen LogP) is 3.01. The molecule has 0 atom stereocenters. The number of aromatic nitrogens is 1. The third-order valence-electron chi connectivity index (χ3n) is 2.75. The molecule has 0 spiro atoms. The maximum Gasteiger partial charge on any atom is 0.113 e. The standard InChI is InChI=1S/C13H15N/c1-2-7-12(6-1)8-5-10-13-9-3-4-11-14-13/h3-4,9,11-12H,1-2,6-8H2. The van der Waals surface area contributed by atoms with E-state index in [0.717, 1.165) is 18.0 Å². The molecule has 14 heavy (non-hydrogen) atoms. The van der Waals surface area contributed by atoms with Crippen LogP contribution in [0.1, 0.15) is 37.8 Å². The van der Waals surface area contributed by atoms with Crippen LogP contribution in [0, 0.1) is 17.8 Å². The van der Waals surface area contributed by atoms with E-state index < -0.39 is 0 Å². The van der Waals surface area contributed by atoms with E-state index in [0.29, 0.717) is 0 Å². The molecule has 1 saturated carbocycles. The van der Waals surface area contributed by atoms with Crippen molar-refractivity contribution in [3.63, 3.8) is 0 Å². The van der Waals surface area contributed by atoms with Gasteiger partial charge < -0.3 is 0 Å². The molecule has 0 unspecified atom stereocenters.